The summed E-state index contributed by atoms with van der Waals surface area (Å²) in [5.41, 5.74) is 1.56. The third-order valence-corrected chi connectivity index (χ3v) is 3.62. The van der Waals surface area contributed by atoms with Crippen molar-refractivity contribution in [3.8, 4) is 0 Å². The van der Waals surface area contributed by atoms with E-state index in [1.165, 1.54) is 0 Å². The van der Waals surface area contributed by atoms with Crippen LogP contribution in [0.1, 0.15) is 17.2 Å². The molecular weight excluding hydrogens is 323 g/mol. The summed E-state index contributed by atoms with van der Waals surface area (Å²) in [5.74, 6) is 0. The van der Waals surface area contributed by atoms with Gasteiger partial charge in [-0.2, -0.15) is 0 Å². The van der Waals surface area contributed by atoms with E-state index < -0.39 is 6.10 Å². The topological polar surface area (TPSA) is 20.2 Å². The molecule has 0 aliphatic heterocycles. The van der Waals surface area contributed by atoms with Gasteiger partial charge in [-0.15, -0.1) is 0 Å². The molecule has 88 valence electrons. The molecule has 1 nitrogen and oxygen atoms in total. The van der Waals surface area contributed by atoms with E-state index in [1.54, 1.807) is 42.5 Å². The first kappa shape index (κ1) is 12.9. The normalized spacial score (nSPS) is 12.5. The highest BCUT2D eigenvalue weighted by Gasteiger charge is 2.13. The number of aliphatic hydroxyl groups excluding tert-OH is 1. The standard InChI is InChI=1S/C13H9BrCl2O/c14-12-7-10(16)5-6-11(12)13(17)8-1-3-9(15)4-2-8/h1-7,13,17H. The van der Waals surface area contributed by atoms with Crippen LogP contribution in [0.4, 0.5) is 0 Å². The van der Waals surface area contributed by atoms with Crippen LogP contribution in [0.2, 0.25) is 10.0 Å². The van der Waals surface area contributed by atoms with Gasteiger partial charge in [0.1, 0.15) is 6.10 Å². The Labute approximate surface area is 118 Å². The summed E-state index contributed by atoms with van der Waals surface area (Å²) < 4.78 is 0.785. The fourth-order valence-corrected chi connectivity index (χ4v) is 2.57. The first-order valence-electron chi connectivity index (χ1n) is 4.96. The lowest BCUT2D eigenvalue weighted by molar-refractivity contribution is 0.219. The number of benzene rings is 2. The van der Waals surface area contributed by atoms with Crippen molar-refractivity contribution in [2.45, 2.75) is 6.10 Å². The smallest absolute Gasteiger partial charge is 0.105 e. The largest absolute Gasteiger partial charge is 0.384 e. The molecule has 2 aromatic rings. The Morgan fingerprint density at radius 1 is 0.941 bits per heavy atom. The monoisotopic (exact) mass is 330 g/mol. The Bertz CT molecular complexity index is 525. The zero-order valence-corrected chi connectivity index (χ0v) is 11.8. The van der Waals surface area contributed by atoms with Crippen LogP contribution in [0, 0.1) is 0 Å². The van der Waals surface area contributed by atoms with E-state index in [4.69, 9.17) is 23.2 Å². The molecule has 17 heavy (non-hydrogen) atoms. The van der Waals surface area contributed by atoms with Gasteiger partial charge >= 0.3 is 0 Å². The van der Waals surface area contributed by atoms with Crippen LogP contribution in [0.5, 0.6) is 0 Å². The molecular formula is C13H9BrCl2O. The zero-order valence-electron chi connectivity index (χ0n) is 8.70. The van der Waals surface area contributed by atoms with Gasteiger partial charge in [-0.05, 0) is 35.4 Å². The van der Waals surface area contributed by atoms with Gasteiger partial charge in [0.2, 0.25) is 0 Å². The van der Waals surface area contributed by atoms with E-state index in [2.05, 4.69) is 15.9 Å². The number of halogens is 3. The summed E-state index contributed by atoms with van der Waals surface area (Å²) in [4.78, 5) is 0. The highest BCUT2D eigenvalue weighted by atomic mass is 79.9. The van der Waals surface area contributed by atoms with Crippen LogP contribution in [-0.4, -0.2) is 5.11 Å². The van der Waals surface area contributed by atoms with Crippen LogP contribution in [0.25, 0.3) is 0 Å². The Balaban J connectivity index is 2.36. The van der Waals surface area contributed by atoms with Crippen LogP contribution >= 0.6 is 39.1 Å². The van der Waals surface area contributed by atoms with E-state index >= 15 is 0 Å². The van der Waals surface area contributed by atoms with Gasteiger partial charge in [0, 0.05) is 14.5 Å². The molecule has 0 amide bonds. The van der Waals surface area contributed by atoms with Gasteiger partial charge < -0.3 is 5.11 Å². The molecule has 4 heteroatoms. The SMILES string of the molecule is OC(c1ccc(Cl)cc1)c1ccc(Cl)cc1Br. The van der Waals surface area contributed by atoms with E-state index in [0.29, 0.717) is 10.0 Å². The number of hydrogen-bond donors (Lipinski definition) is 1. The Morgan fingerprint density at radius 2 is 1.53 bits per heavy atom. The average Bonchev–Trinajstić information content (AvgIpc) is 2.29. The summed E-state index contributed by atoms with van der Waals surface area (Å²) >= 11 is 15.1. The van der Waals surface area contributed by atoms with Crippen LogP contribution < -0.4 is 0 Å². The maximum atomic E-state index is 10.2. The third kappa shape index (κ3) is 3.02. The van der Waals surface area contributed by atoms with Gasteiger partial charge in [0.05, 0.1) is 0 Å². The van der Waals surface area contributed by atoms with Gasteiger partial charge in [-0.3, -0.25) is 0 Å². The molecule has 0 saturated carbocycles. The van der Waals surface area contributed by atoms with Crippen LogP contribution in [0.15, 0.2) is 46.9 Å². The lowest BCUT2D eigenvalue weighted by Gasteiger charge is -2.13. The Morgan fingerprint density at radius 3 is 2.12 bits per heavy atom. The molecule has 0 fully saturated rings. The highest BCUT2D eigenvalue weighted by Crippen LogP contribution is 2.30. The number of rotatable bonds is 2. The minimum atomic E-state index is -0.695. The Hall–Kier alpha value is -0.540. The van der Waals surface area contributed by atoms with E-state index in [1.807, 2.05) is 0 Å². The van der Waals surface area contributed by atoms with Crippen molar-refractivity contribution in [1.82, 2.24) is 0 Å². The van der Waals surface area contributed by atoms with Gasteiger partial charge in [-0.1, -0.05) is 57.3 Å². The maximum Gasteiger partial charge on any atom is 0.105 e. The first-order chi connectivity index (χ1) is 8.08. The fourth-order valence-electron chi connectivity index (χ4n) is 1.55. The molecule has 0 heterocycles. The second-order valence-corrected chi connectivity index (χ2v) is 5.35. The Kier molecular flexibility index (Phi) is 4.10. The first-order valence-corrected chi connectivity index (χ1v) is 6.51. The van der Waals surface area contributed by atoms with E-state index in [0.717, 1.165) is 15.6 Å². The van der Waals surface area contributed by atoms with Gasteiger partial charge in [-0.25, -0.2) is 0 Å². The molecule has 0 spiro atoms. The third-order valence-electron chi connectivity index (χ3n) is 2.44. The van der Waals surface area contributed by atoms with Crippen LogP contribution in [-0.2, 0) is 0 Å². The van der Waals surface area contributed by atoms with Crippen molar-refractivity contribution >= 4 is 39.1 Å². The highest BCUT2D eigenvalue weighted by molar-refractivity contribution is 9.10. The zero-order chi connectivity index (χ0) is 12.4. The maximum absolute atomic E-state index is 10.2. The molecule has 1 unspecified atom stereocenters. The average molecular weight is 332 g/mol. The number of aliphatic hydroxyl groups is 1. The quantitative estimate of drug-likeness (QED) is 0.835. The molecule has 0 aromatic heterocycles. The van der Waals surface area contributed by atoms with Crippen LogP contribution in [0.3, 0.4) is 0 Å². The molecule has 1 atom stereocenters. The summed E-state index contributed by atoms with van der Waals surface area (Å²) in [7, 11) is 0. The van der Waals surface area contributed by atoms with Crippen molar-refractivity contribution in [1.29, 1.82) is 0 Å². The summed E-state index contributed by atoms with van der Waals surface area (Å²) in [6, 6.07) is 12.4. The minimum absolute atomic E-state index is 0.629. The summed E-state index contributed by atoms with van der Waals surface area (Å²) in [5, 5.41) is 11.5. The second-order valence-electron chi connectivity index (χ2n) is 3.62. The molecule has 1 N–H and O–H groups in total. The molecule has 2 rings (SSSR count). The van der Waals surface area contributed by atoms with E-state index in [9.17, 15) is 5.11 Å². The molecule has 0 aliphatic rings. The molecule has 0 radical (unpaired) electrons. The van der Waals surface area contributed by atoms with Gasteiger partial charge in [0.25, 0.3) is 0 Å². The van der Waals surface area contributed by atoms with E-state index in [-0.39, 0.29) is 0 Å². The van der Waals surface area contributed by atoms with Crippen molar-refractivity contribution in [2.75, 3.05) is 0 Å². The molecule has 0 bridgehead atoms. The lowest BCUT2D eigenvalue weighted by atomic mass is 10.0. The molecule has 0 saturated heterocycles. The predicted octanol–water partition coefficient (Wildman–Crippen LogP) is 4.84. The van der Waals surface area contributed by atoms with Crippen molar-refractivity contribution in [3.05, 3.63) is 68.1 Å². The summed E-state index contributed by atoms with van der Waals surface area (Å²) in [6.45, 7) is 0. The van der Waals surface area contributed by atoms with Crippen molar-refractivity contribution < 1.29 is 5.11 Å². The van der Waals surface area contributed by atoms with Gasteiger partial charge in [0.15, 0.2) is 0 Å². The molecule has 2 aromatic carbocycles. The minimum Gasteiger partial charge on any atom is -0.384 e. The lowest BCUT2D eigenvalue weighted by Crippen LogP contribution is -2.00. The number of hydrogen-bond acceptors (Lipinski definition) is 1. The second kappa shape index (κ2) is 5.40. The molecule has 0 aliphatic carbocycles. The van der Waals surface area contributed by atoms with Crippen molar-refractivity contribution in [2.24, 2.45) is 0 Å². The fraction of sp³-hybridized carbons (Fsp3) is 0.0769. The summed E-state index contributed by atoms with van der Waals surface area (Å²) in [6.07, 6.45) is -0.695. The predicted molar refractivity (Wildman–Crippen MR) is 74.7 cm³/mol. The van der Waals surface area contributed by atoms with Crippen molar-refractivity contribution in [3.63, 3.8) is 0 Å².